The van der Waals surface area contributed by atoms with Crippen LogP contribution in [-0.2, 0) is 0 Å². The average molecular weight is 339 g/mol. The number of hydrogen-bond donors (Lipinski definition) is 1. The number of aromatic nitrogens is 1. The summed E-state index contributed by atoms with van der Waals surface area (Å²) in [6.45, 7) is 0. The van der Waals surface area contributed by atoms with Crippen LogP contribution in [-0.4, -0.2) is 28.1 Å². The van der Waals surface area contributed by atoms with Crippen molar-refractivity contribution >= 4 is 34.2 Å². The van der Waals surface area contributed by atoms with Crippen molar-refractivity contribution in [2.45, 2.75) is 0 Å². The maximum Gasteiger partial charge on any atom is 0.301 e. The second kappa shape index (κ2) is 6.40. The van der Waals surface area contributed by atoms with Gasteiger partial charge in [0.25, 0.3) is 5.69 Å². The van der Waals surface area contributed by atoms with Gasteiger partial charge in [-0.05, 0) is 12.1 Å². The van der Waals surface area contributed by atoms with E-state index < -0.39 is 9.85 Å². The minimum atomic E-state index is -0.675. The van der Waals surface area contributed by atoms with E-state index in [0.29, 0.717) is 0 Å². The monoisotopic (exact) mass is 339 g/mol. The molecule has 2 aromatic carbocycles. The first-order chi connectivity index (χ1) is 12.0. The fourth-order valence-corrected chi connectivity index (χ4v) is 2.46. The molecule has 9 heteroatoms. The molecule has 0 fully saturated rings. The molecule has 3 rings (SSSR count). The second-order valence-electron chi connectivity index (χ2n) is 5.25. The largest absolute Gasteiger partial charge is 0.361 e. The van der Waals surface area contributed by atoms with Gasteiger partial charge >= 0.3 is 5.69 Å². The zero-order chi connectivity index (χ0) is 18.0. The Labute approximate surface area is 141 Å². The molecule has 1 heterocycles. The van der Waals surface area contributed by atoms with Gasteiger partial charge in [0.1, 0.15) is 5.69 Å². The molecule has 0 bridgehead atoms. The molecule has 0 aliphatic carbocycles. The lowest BCUT2D eigenvalue weighted by Crippen LogP contribution is -2.11. The van der Waals surface area contributed by atoms with Gasteiger partial charge in [-0.15, -0.1) is 0 Å². The molecule has 0 aliphatic heterocycles. The number of non-ortho nitro benzene ring substituents is 1. The van der Waals surface area contributed by atoms with Crippen molar-refractivity contribution in [2.75, 3.05) is 12.1 Å². The molecule has 3 aromatic rings. The number of benzene rings is 2. The maximum absolute atomic E-state index is 11.2. The zero-order valence-electron chi connectivity index (χ0n) is 13.1. The lowest BCUT2D eigenvalue weighted by molar-refractivity contribution is -0.393. The van der Waals surface area contributed by atoms with Crippen molar-refractivity contribution in [3.8, 4) is 0 Å². The van der Waals surface area contributed by atoms with Gasteiger partial charge in [0.15, 0.2) is 0 Å². The van der Waals surface area contributed by atoms with Gasteiger partial charge in [-0.25, -0.2) is 0 Å². The predicted molar refractivity (Wildman–Crippen MR) is 94.0 cm³/mol. The van der Waals surface area contributed by atoms with E-state index in [0.717, 1.165) is 22.5 Å². The SMILES string of the molecule is CN(/N=C/c1c[nH]c2ccccc12)c1ccc([N+](=O)[O-])cc1[N+](=O)[O-]. The summed E-state index contributed by atoms with van der Waals surface area (Å²) in [5, 5.41) is 28.5. The van der Waals surface area contributed by atoms with Crippen molar-refractivity contribution < 1.29 is 9.85 Å². The first kappa shape index (κ1) is 16.1. The average Bonchev–Trinajstić information content (AvgIpc) is 3.02. The van der Waals surface area contributed by atoms with Crippen LogP contribution in [0.15, 0.2) is 53.8 Å². The molecule has 0 radical (unpaired) electrons. The number of H-pyrrole nitrogens is 1. The Bertz CT molecular complexity index is 995. The van der Waals surface area contributed by atoms with E-state index in [1.807, 2.05) is 24.3 Å². The van der Waals surface area contributed by atoms with Gasteiger partial charge in [-0.2, -0.15) is 5.10 Å². The van der Waals surface area contributed by atoms with Crippen molar-refractivity contribution in [1.29, 1.82) is 0 Å². The molecule has 9 nitrogen and oxygen atoms in total. The van der Waals surface area contributed by atoms with Crippen LogP contribution in [0.5, 0.6) is 0 Å². The summed E-state index contributed by atoms with van der Waals surface area (Å²) in [4.78, 5) is 23.8. The van der Waals surface area contributed by atoms with Crippen LogP contribution in [0.4, 0.5) is 17.1 Å². The van der Waals surface area contributed by atoms with Crippen LogP contribution < -0.4 is 5.01 Å². The highest BCUT2D eigenvalue weighted by atomic mass is 16.6. The lowest BCUT2D eigenvalue weighted by atomic mass is 10.2. The van der Waals surface area contributed by atoms with Gasteiger partial charge in [-0.1, -0.05) is 18.2 Å². The van der Waals surface area contributed by atoms with E-state index in [4.69, 9.17) is 0 Å². The van der Waals surface area contributed by atoms with E-state index >= 15 is 0 Å². The van der Waals surface area contributed by atoms with Crippen LogP contribution in [0.1, 0.15) is 5.56 Å². The summed E-state index contributed by atoms with van der Waals surface area (Å²) in [7, 11) is 1.54. The number of nitrogens with one attached hydrogen (secondary N) is 1. The summed E-state index contributed by atoms with van der Waals surface area (Å²) in [5.41, 5.74) is 1.21. The Morgan fingerprint density at radius 2 is 1.88 bits per heavy atom. The summed E-state index contributed by atoms with van der Waals surface area (Å²) in [6, 6.07) is 11.1. The number of fused-ring (bicyclic) bond motifs is 1. The molecule has 0 unspecified atom stereocenters. The number of aromatic amines is 1. The fraction of sp³-hybridized carbons (Fsp3) is 0.0625. The van der Waals surface area contributed by atoms with Gasteiger partial charge in [0, 0.05) is 35.8 Å². The maximum atomic E-state index is 11.2. The highest BCUT2D eigenvalue weighted by Gasteiger charge is 2.21. The molecule has 0 spiro atoms. The molecule has 0 saturated heterocycles. The second-order valence-corrected chi connectivity index (χ2v) is 5.25. The molecule has 0 saturated carbocycles. The minimum Gasteiger partial charge on any atom is -0.361 e. The summed E-state index contributed by atoms with van der Waals surface area (Å²) in [5.74, 6) is 0. The minimum absolute atomic E-state index is 0.159. The third-order valence-electron chi connectivity index (χ3n) is 3.71. The molecular formula is C16H13N5O4. The fourth-order valence-electron chi connectivity index (χ4n) is 2.46. The Kier molecular flexibility index (Phi) is 4.12. The van der Waals surface area contributed by atoms with Crippen LogP contribution in [0, 0.1) is 20.2 Å². The highest BCUT2D eigenvalue weighted by molar-refractivity contribution is 5.99. The Balaban J connectivity index is 1.94. The van der Waals surface area contributed by atoms with Crippen molar-refractivity contribution in [3.05, 3.63) is 74.5 Å². The number of nitro groups is 2. The normalized spacial score (nSPS) is 11.1. The van der Waals surface area contributed by atoms with Gasteiger partial charge in [0.05, 0.1) is 22.1 Å². The van der Waals surface area contributed by atoms with Crippen LogP contribution >= 0.6 is 0 Å². The summed E-state index contributed by atoms with van der Waals surface area (Å²) < 4.78 is 0. The molecule has 0 amide bonds. The Hall–Kier alpha value is -3.75. The number of hydrazone groups is 1. The van der Waals surface area contributed by atoms with Crippen molar-refractivity contribution in [3.63, 3.8) is 0 Å². The molecule has 0 aliphatic rings. The van der Waals surface area contributed by atoms with Gasteiger partial charge < -0.3 is 4.98 Å². The first-order valence-electron chi connectivity index (χ1n) is 7.24. The zero-order valence-corrected chi connectivity index (χ0v) is 13.1. The number of anilines is 1. The van der Waals surface area contributed by atoms with Gasteiger partial charge in [0.2, 0.25) is 0 Å². The number of nitrogens with zero attached hydrogens (tertiary/aromatic N) is 4. The third kappa shape index (κ3) is 3.15. The van der Waals surface area contributed by atoms with Crippen LogP contribution in [0.3, 0.4) is 0 Å². The third-order valence-corrected chi connectivity index (χ3v) is 3.71. The van der Waals surface area contributed by atoms with Crippen LogP contribution in [0.25, 0.3) is 10.9 Å². The molecule has 0 atom stereocenters. The first-order valence-corrected chi connectivity index (χ1v) is 7.24. The van der Waals surface area contributed by atoms with E-state index in [-0.39, 0.29) is 17.1 Å². The number of rotatable bonds is 5. The van der Waals surface area contributed by atoms with E-state index in [1.165, 1.54) is 17.1 Å². The molecule has 1 aromatic heterocycles. The summed E-state index contributed by atoms with van der Waals surface area (Å²) >= 11 is 0. The number of para-hydroxylation sites is 1. The molecule has 1 N–H and O–H groups in total. The predicted octanol–water partition coefficient (Wildman–Crippen LogP) is 3.45. The number of nitro benzene ring substituents is 2. The van der Waals surface area contributed by atoms with E-state index in [9.17, 15) is 20.2 Å². The Morgan fingerprint density at radius 3 is 2.60 bits per heavy atom. The van der Waals surface area contributed by atoms with Crippen molar-refractivity contribution in [2.24, 2.45) is 5.10 Å². The van der Waals surface area contributed by atoms with Gasteiger partial charge in [-0.3, -0.25) is 25.2 Å². The summed E-state index contributed by atoms with van der Waals surface area (Å²) in [6.07, 6.45) is 3.36. The smallest absolute Gasteiger partial charge is 0.301 e. The van der Waals surface area contributed by atoms with E-state index in [2.05, 4.69) is 10.1 Å². The topological polar surface area (TPSA) is 118 Å². The Morgan fingerprint density at radius 1 is 1.12 bits per heavy atom. The highest BCUT2D eigenvalue weighted by Crippen LogP contribution is 2.31. The van der Waals surface area contributed by atoms with Crippen LogP contribution in [0.2, 0.25) is 0 Å². The number of hydrogen-bond acceptors (Lipinski definition) is 6. The quantitative estimate of drug-likeness (QED) is 0.434. The van der Waals surface area contributed by atoms with Crippen molar-refractivity contribution in [1.82, 2.24) is 4.98 Å². The molecular weight excluding hydrogens is 326 g/mol. The standard InChI is InChI=1S/C16H13N5O4/c1-19(15-7-6-12(20(22)23)8-16(15)21(24)25)18-10-11-9-17-14-5-3-2-4-13(11)14/h2-10,17H,1H3/b18-10+. The van der Waals surface area contributed by atoms with E-state index in [1.54, 1.807) is 19.5 Å². The lowest BCUT2D eigenvalue weighted by Gasteiger charge is -2.12. The molecule has 126 valence electrons. The molecule has 25 heavy (non-hydrogen) atoms.